The second kappa shape index (κ2) is 26.2. The first-order valence-electron chi connectivity index (χ1n) is 26.1. The van der Waals surface area contributed by atoms with Gasteiger partial charge in [0.25, 0.3) is 5.91 Å². The van der Waals surface area contributed by atoms with Crippen molar-refractivity contribution in [3.8, 4) is 27.7 Å². The summed E-state index contributed by atoms with van der Waals surface area (Å²) >= 11 is 1.58. The maximum absolute atomic E-state index is 14.1. The molecule has 1 aliphatic rings. The number of nitrogens with zero attached hydrogens (tertiary/aromatic N) is 10. The van der Waals surface area contributed by atoms with Gasteiger partial charge in [0.1, 0.15) is 29.9 Å². The predicted octanol–water partition coefficient (Wildman–Crippen LogP) is 6.61. The molecular weight excluding hydrogens is 997 g/mol. The number of β-amino-alcohol motifs (C(OH)–C–C–N with tert-alkyl or cyclic N) is 1. The number of unbranched alkanes of at least 4 members (excludes halogenated alkanes) is 3. The summed E-state index contributed by atoms with van der Waals surface area (Å²) in [6.45, 7) is 9.91. The molecule has 4 amide bonds. The van der Waals surface area contributed by atoms with Crippen LogP contribution < -0.4 is 26.0 Å². The molecule has 1 aliphatic heterocycles. The SMILES string of the molecule is Cc1ncsc1-c1ccc(CNC(=O)[C@@H]2C[C@@H](O)CN2C(=O)[C@@H](NC(=O)CCCc2cn(CCCCCCOc3cccc(CNC(=O)c4cccc(NCc5nnc(-c6ccncn6)n5C)c4)c3)nn2)C(C)(C)C)cc1. The van der Waals surface area contributed by atoms with Crippen LogP contribution in [0.5, 0.6) is 5.75 Å². The average molecular weight is 1070 g/mol. The molecule has 4 aromatic heterocycles. The molecule has 0 radical (unpaired) electrons. The number of benzene rings is 3. The first kappa shape index (κ1) is 55.3. The van der Waals surface area contributed by atoms with Crippen molar-refractivity contribution in [1.29, 1.82) is 0 Å². The molecule has 0 unspecified atom stereocenters. The van der Waals surface area contributed by atoms with E-state index in [1.54, 1.807) is 35.7 Å². The van der Waals surface area contributed by atoms with E-state index < -0.39 is 29.5 Å². The van der Waals surface area contributed by atoms with E-state index in [0.29, 0.717) is 55.4 Å². The topological polar surface area (TPSA) is 249 Å². The number of amides is 4. The molecule has 8 rings (SSSR count). The number of nitrogens with one attached hydrogen (secondary N) is 4. The first-order chi connectivity index (χ1) is 37.2. The number of carbonyl (C=O) groups excluding carboxylic acids is 4. The van der Waals surface area contributed by atoms with Gasteiger partial charge in [-0.05, 0) is 97.5 Å². The van der Waals surface area contributed by atoms with Gasteiger partial charge in [0.15, 0.2) is 11.6 Å². The fourth-order valence-corrected chi connectivity index (χ4v) is 9.88. The number of likely N-dealkylation sites (tertiary alicyclic amines) is 1. The Bertz CT molecular complexity index is 3080. The minimum Gasteiger partial charge on any atom is -0.494 e. The summed E-state index contributed by atoms with van der Waals surface area (Å²) in [4.78, 5) is 69.1. The standard InChI is InChI=1S/C56H68N14O6S/c1-37-50(77-36-62-37)40-21-19-38(20-22-40)30-60-54(74)47-29-44(71)34-70(47)55(75)51(56(2,3)4)63-49(72)18-12-16-43-33-69(67-64-43)25-8-6-7-9-26-76-45-17-10-13-39(27-45)31-59-53(73)41-14-11-15-42(28-41)58-32-48-65-66-52(68(48)5)46-23-24-57-35-61-46/h10-11,13-15,17,19-24,27-28,33,35-36,44,47,51,58,71H,6-9,12,16,18,25-26,29-32,34H2,1-5H3,(H,59,73)(H,60,74)(H,63,72)/t44-,47+,51-/m1/s1. The highest BCUT2D eigenvalue weighted by Gasteiger charge is 2.44. The van der Waals surface area contributed by atoms with Gasteiger partial charge in [0.05, 0.1) is 41.0 Å². The lowest BCUT2D eigenvalue weighted by Gasteiger charge is -2.35. The van der Waals surface area contributed by atoms with E-state index in [4.69, 9.17) is 4.74 Å². The third kappa shape index (κ3) is 15.4. The van der Waals surface area contributed by atoms with E-state index in [-0.39, 0.29) is 43.7 Å². The zero-order valence-electron chi connectivity index (χ0n) is 44.3. The monoisotopic (exact) mass is 1060 g/mol. The van der Waals surface area contributed by atoms with Crippen LogP contribution in [-0.2, 0) is 54.0 Å². The van der Waals surface area contributed by atoms with E-state index in [2.05, 4.69) is 56.7 Å². The van der Waals surface area contributed by atoms with Crippen molar-refractivity contribution in [2.75, 3.05) is 18.5 Å². The Morgan fingerprint density at radius 3 is 2.45 bits per heavy atom. The molecule has 20 nitrogen and oxygen atoms in total. The summed E-state index contributed by atoms with van der Waals surface area (Å²) in [5.74, 6) is 0.892. The van der Waals surface area contributed by atoms with Crippen molar-refractivity contribution >= 4 is 40.7 Å². The van der Waals surface area contributed by atoms with Crippen LogP contribution in [0, 0.1) is 12.3 Å². The number of ether oxygens (including phenoxy) is 1. The van der Waals surface area contributed by atoms with Crippen LogP contribution in [-0.4, -0.2) is 110 Å². The largest absolute Gasteiger partial charge is 0.494 e. The number of thiazole rings is 1. The maximum Gasteiger partial charge on any atom is 0.251 e. The smallest absolute Gasteiger partial charge is 0.251 e. The van der Waals surface area contributed by atoms with Crippen molar-refractivity contribution in [2.24, 2.45) is 12.5 Å². The predicted molar refractivity (Wildman–Crippen MR) is 292 cm³/mol. The molecule has 77 heavy (non-hydrogen) atoms. The van der Waals surface area contributed by atoms with Gasteiger partial charge in [-0.15, -0.1) is 26.6 Å². The number of aromatic nitrogens is 9. The van der Waals surface area contributed by atoms with Crippen LogP contribution in [0.15, 0.2) is 103 Å². The Morgan fingerprint density at radius 1 is 0.870 bits per heavy atom. The Kier molecular flexibility index (Phi) is 18.8. The summed E-state index contributed by atoms with van der Waals surface area (Å²) in [5.41, 5.74) is 7.79. The number of aliphatic hydroxyl groups excluding tert-OH is 1. The number of hydrogen-bond donors (Lipinski definition) is 5. The van der Waals surface area contributed by atoms with Gasteiger partial charge in [-0.3, -0.25) is 23.9 Å². The van der Waals surface area contributed by atoms with Gasteiger partial charge < -0.3 is 40.6 Å². The Morgan fingerprint density at radius 2 is 1.68 bits per heavy atom. The summed E-state index contributed by atoms with van der Waals surface area (Å²) in [7, 11) is 1.88. The lowest BCUT2D eigenvalue weighted by molar-refractivity contribution is -0.144. The number of aryl methyl sites for hydroxylation is 3. The van der Waals surface area contributed by atoms with Crippen molar-refractivity contribution in [3.05, 3.63) is 137 Å². The number of rotatable bonds is 25. The molecule has 21 heteroatoms. The second-order valence-corrected chi connectivity index (χ2v) is 21.2. The zero-order chi connectivity index (χ0) is 54.3. The van der Waals surface area contributed by atoms with E-state index in [9.17, 15) is 24.3 Å². The van der Waals surface area contributed by atoms with Crippen molar-refractivity contribution < 1.29 is 29.0 Å². The quantitative estimate of drug-likeness (QED) is 0.0378. The van der Waals surface area contributed by atoms with Gasteiger partial charge in [-0.1, -0.05) is 74.9 Å². The summed E-state index contributed by atoms with van der Waals surface area (Å²) in [6.07, 6.45) is 9.33. The molecule has 3 atom stereocenters. The highest BCUT2D eigenvalue weighted by atomic mass is 32.1. The van der Waals surface area contributed by atoms with Crippen LogP contribution in [0.2, 0.25) is 0 Å². The number of aliphatic hydroxyl groups is 1. The minimum atomic E-state index is -0.904. The molecular formula is C56H68N14O6S. The molecule has 0 bridgehead atoms. The fraction of sp³-hybridized carbons (Fsp3) is 0.411. The van der Waals surface area contributed by atoms with Crippen molar-refractivity contribution in [3.63, 3.8) is 0 Å². The summed E-state index contributed by atoms with van der Waals surface area (Å²) in [5, 5.41) is 40.0. The van der Waals surface area contributed by atoms with Gasteiger partial charge in [0, 0.05) is 69.7 Å². The Labute approximate surface area is 452 Å². The molecule has 0 saturated carbocycles. The molecule has 0 spiro atoms. The van der Waals surface area contributed by atoms with Crippen LogP contribution >= 0.6 is 11.3 Å². The third-order valence-corrected chi connectivity index (χ3v) is 14.4. The lowest BCUT2D eigenvalue weighted by atomic mass is 9.85. The molecule has 1 saturated heterocycles. The van der Waals surface area contributed by atoms with Crippen LogP contribution in [0.25, 0.3) is 22.0 Å². The second-order valence-electron chi connectivity index (χ2n) is 20.4. The molecule has 0 aliphatic carbocycles. The van der Waals surface area contributed by atoms with Gasteiger partial charge in [0.2, 0.25) is 17.7 Å². The average Bonchev–Trinajstić information content (AvgIpc) is 4.26. The normalized spacial score (nSPS) is 14.8. The van der Waals surface area contributed by atoms with E-state index >= 15 is 0 Å². The Hall–Kier alpha value is -7.91. The van der Waals surface area contributed by atoms with Crippen LogP contribution in [0.3, 0.4) is 0 Å². The fourth-order valence-electron chi connectivity index (χ4n) is 9.07. The number of hydrogen-bond acceptors (Lipinski definition) is 15. The van der Waals surface area contributed by atoms with Gasteiger partial charge in [-0.2, -0.15) is 0 Å². The summed E-state index contributed by atoms with van der Waals surface area (Å²) in [6, 6.07) is 23.0. The first-order valence-corrected chi connectivity index (χ1v) is 27.0. The van der Waals surface area contributed by atoms with Gasteiger partial charge >= 0.3 is 0 Å². The highest BCUT2D eigenvalue weighted by molar-refractivity contribution is 7.13. The van der Waals surface area contributed by atoms with Crippen molar-refractivity contribution in [1.82, 2.24) is 65.6 Å². The maximum atomic E-state index is 14.1. The molecule has 3 aromatic carbocycles. The van der Waals surface area contributed by atoms with Gasteiger partial charge in [-0.25, -0.2) is 15.0 Å². The van der Waals surface area contributed by atoms with Crippen molar-refractivity contribution in [2.45, 2.75) is 123 Å². The van der Waals surface area contributed by atoms with E-state index in [0.717, 1.165) is 76.6 Å². The molecule has 1 fully saturated rings. The van der Waals surface area contributed by atoms with E-state index in [1.807, 2.05) is 116 Å². The highest BCUT2D eigenvalue weighted by Crippen LogP contribution is 2.29. The molecule has 404 valence electrons. The number of carbonyl (C=O) groups is 4. The summed E-state index contributed by atoms with van der Waals surface area (Å²) < 4.78 is 9.76. The minimum absolute atomic E-state index is 0.00691. The molecule has 5 N–H and O–H groups in total. The Balaban J connectivity index is 0.693. The third-order valence-electron chi connectivity index (χ3n) is 13.4. The lowest BCUT2D eigenvalue weighted by Crippen LogP contribution is -2.57. The van der Waals surface area contributed by atoms with Crippen LogP contribution in [0.4, 0.5) is 5.69 Å². The molecule has 5 heterocycles. The van der Waals surface area contributed by atoms with E-state index in [1.165, 1.54) is 11.2 Å². The number of anilines is 1. The molecule has 7 aromatic rings. The van der Waals surface area contributed by atoms with Crippen LogP contribution in [0.1, 0.15) is 104 Å². The zero-order valence-corrected chi connectivity index (χ0v) is 45.1.